The standard InChI is InChI=1S/C27H37ClN4O/c1-3-24(28)10-9-22(2)27-21-26(29-32(27)25-7-5-4-6-8-25)23-11-13-30(14-12-23)15-16-31-17-19-33-20-18-31/h3-7,9-10,21,23,25H,2,8,11-20H2,1H3. The van der Waals surface area contributed by atoms with Crippen LogP contribution in [0.1, 0.15) is 49.5 Å². The van der Waals surface area contributed by atoms with E-state index in [1.165, 1.54) is 5.69 Å². The molecule has 0 saturated carbocycles. The second-order valence-electron chi connectivity index (χ2n) is 9.12. The van der Waals surface area contributed by atoms with Crippen LogP contribution in [0.4, 0.5) is 0 Å². The molecule has 2 aliphatic heterocycles. The van der Waals surface area contributed by atoms with Gasteiger partial charge in [-0.15, -0.1) is 0 Å². The maximum absolute atomic E-state index is 6.18. The summed E-state index contributed by atoms with van der Waals surface area (Å²) < 4.78 is 7.63. The SMILES string of the molecule is C=C(C=CC(Cl)=CC)c1cc(C2CCN(CCN3CCOCC3)CC2)nn1C1C=CC=CC1. The molecule has 2 fully saturated rings. The van der Waals surface area contributed by atoms with Gasteiger partial charge in [0.05, 0.1) is 30.6 Å². The van der Waals surface area contributed by atoms with E-state index in [1.807, 2.05) is 25.2 Å². The van der Waals surface area contributed by atoms with Crippen LogP contribution in [0.3, 0.4) is 0 Å². The van der Waals surface area contributed by atoms with Crippen LogP contribution >= 0.6 is 11.6 Å². The van der Waals surface area contributed by atoms with Gasteiger partial charge in [-0.25, -0.2) is 0 Å². The van der Waals surface area contributed by atoms with Crippen molar-refractivity contribution in [3.63, 3.8) is 0 Å². The number of allylic oxidation sites excluding steroid dienone is 9. The van der Waals surface area contributed by atoms with Crippen LogP contribution in [0.15, 0.2) is 60.2 Å². The second kappa shape index (κ2) is 12.0. The highest BCUT2D eigenvalue weighted by molar-refractivity contribution is 6.31. The molecule has 33 heavy (non-hydrogen) atoms. The molecule has 0 amide bonds. The summed E-state index contributed by atoms with van der Waals surface area (Å²) in [4.78, 5) is 5.13. The lowest BCUT2D eigenvalue weighted by Gasteiger charge is -2.34. The Hall–Kier alpha value is -1.92. The first-order valence-electron chi connectivity index (χ1n) is 12.3. The van der Waals surface area contributed by atoms with E-state index in [4.69, 9.17) is 21.4 Å². The second-order valence-corrected chi connectivity index (χ2v) is 9.55. The number of piperidine rings is 1. The Labute approximate surface area is 203 Å². The monoisotopic (exact) mass is 468 g/mol. The molecule has 2 saturated heterocycles. The molecule has 3 heterocycles. The zero-order valence-corrected chi connectivity index (χ0v) is 20.6. The fourth-order valence-electron chi connectivity index (χ4n) is 4.78. The minimum absolute atomic E-state index is 0.231. The van der Waals surface area contributed by atoms with Crippen molar-refractivity contribution in [2.24, 2.45) is 0 Å². The molecule has 0 aromatic carbocycles. The fraction of sp³-hybridized carbons (Fsp3) is 0.519. The predicted molar refractivity (Wildman–Crippen MR) is 138 cm³/mol. The van der Waals surface area contributed by atoms with Gasteiger partial charge < -0.3 is 9.64 Å². The molecule has 1 unspecified atom stereocenters. The minimum Gasteiger partial charge on any atom is -0.379 e. The average molecular weight is 469 g/mol. The van der Waals surface area contributed by atoms with Gasteiger partial charge in [0.15, 0.2) is 0 Å². The van der Waals surface area contributed by atoms with Gasteiger partial charge in [-0.2, -0.15) is 5.10 Å². The number of ether oxygens (including phenoxy) is 1. The average Bonchev–Trinajstić information content (AvgIpc) is 3.33. The third kappa shape index (κ3) is 6.57. The van der Waals surface area contributed by atoms with E-state index in [9.17, 15) is 0 Å². The van der Waals surface area contributed by atoms with E-state index in [2.05, 4.69) is 51.4 Å². The quantitative estimate of drug-likeness (QED) is 0.493. The fourth-order valence-corrected chi connectivity index (χ4v) is 4.84. The summed E-state index contributed by atoms with van der Waals surface area (Å²) in [6, 6.07) is 2.49. The zero-order chi connectivity index (χ0) is 23.0. The van der Waals surface area contributed by atoms with E-state index in [1.54, 1.807) is 0 Å². The summed E-state index contributed by atoms with van der Waals surface area (Å²) in [6.07, 6.45) is 17.7. The minimum atomic E-state index is 0.231. The van der Waals surface area contributed by atoms with Crippen molar-refractivity contribution in [3.8, 4) is 0 Å². The third-order valence-electron chi connectivity index (χ3n) is 6.92. The van der Waals surface area contributed by atoms with Gasteiger partial charge in [-0.3, -0.25) is 9.58 Å². The van der Waals surface area contributed by atoms with Crippen LogP contribution < -0.4 is 0 Å². The Balaban J connectivity index is 1.41. The van der Waals surface area contributed by atoms with Gasteiger partial charge >= 0.3 is 0 Å². The lowest BCUT2D eigenvalue weighted by Crippen LogP contribution is -2.43. The molecular formula is C27H37ClN4O. The van der Waals surface area contributed by atoms with Crippen LogP contribution in [0, 0.1) is 0 Å². The molecule has 1 aromatic heterocycles. The Morgan fingerprint density at radius 2 is 1.85 bits per heavy atom. The van der Waals surface area contributed by atoms with E-state index in [-0.39, 0.29) is 6.04 Å². The molecule has 4 rings (SSSR count). The number of hydrogen-bond donors (Lipinski definition) is 0. The zero-order valence-electron chi connectivity index (χ0n) is 19.8. The van der Waals surface area contributed by atoms with E-state index in [0.29, 0.717) is 11.0 Å². The Kier molecular flexibility index (Phi) is 8.79. The first-order valence-corrected chi connectivity index (χ1v) is 12.7. The third-order valence-corrected chi connectivity index (χ3v) is 7.26. The molecule has 0 bridgehead atoms. The number of halogens is 1. The number of morpholine rings is 1. The summed E-state index contributed by atoms with van der Waals surface area (Å²) in [5.74, 6) is 0.503. The number of aromatic nitrogens is 2. The smallest absolute Gasteiger partial charge is 0.0744 e. The number of hydrogen-bond acceptors (Lipinski definition) is 4. The highest BCUT2D eigenvalue weighted by atomic mass is 35.5. The van der Waals surface area contributed by atoms with Gasteiger partial charge in [-0.05, 0) is 57.0 Å². The summed E-state index contributed by atoms with van der Waals surface area (Å²) in [6.45, 7) is 14.7. The highest BCUT2D eigenvalue weighted by Crippen LogP contribution is 2.32. The molecule has 0 spiro atoms. The molecule has 6 heteroatoms. The van der Waals surface area contributed by atoms with Crippen LogP contribution in [0.25, 0.3) is 5.57 Å². The topological polar surface area (TPSA) is 33.5 Å². The molecule has 0 N–H and O–H groups in total. The molecule has 0 radical (unpaired) electrons. The van der Waals surface area contributed by atoms with Crippen LogP contribution in [0.2, 0.25) is 0 Å². The lowest BCUT2D eigenvalue weighted by molar-refractivity contribution is 0.0320. The van der Waals surface area contributed by atoms with E-state index < -0.39 is 0 Å². The van der Waals surface area contributed by atoms with Crippen LogP contribution in [0.5, 0.6) is 0 Å². The lowest BCUT2D eigenvalue weighted by atomic mass is 9.93. The first kappa shape index (κ1) is 24.2. The molecule has 1 aliphatic carbocycles. The van der Waals surface area contributed by atoms with Crippen LogP contribution in [-0.2, 0) is 4.74 Å². The maximum atomic E-state index is 6.18. The largest absolute Gasteiger partial charge is 0.379 e. The van der Waals surface area contributed by atoms with Crippen molar-refractivity contribution in [2.45, 2.75) is 38.1 Å². The summed E-state index contributed by atoms with van der Waals surface area (Å²) in [5, 5.41) is 5.83. The van der Waals surface area contributed by atoms with Gasteiger partial charge in [0, 0.05) is 37.1 Å². The molecule has 1 aromatic rings. The van der Waals surface area contributed by atoms with Crippen molar-refractivity contribution >= 4 is 17.2 Å². The molecule has 5 nitrogen and oxygen atoms in total. The van der Waals surface area contributed by atoms with Gasteiger partial charge in [0.2, 0.25) is 0 Å². The maximum Gasteiger partial charge on any atom is 0.0744 e. The van der Waals surface area contributed by atoms with Crippen molar-refractivity contribution in [3.05, 3.63) is 71.6 Å². The summed E-state index contributed by atoms with van der Waals surface area (Å²) in [7, 11) is 0. The number of nitrogens with zero attached hydrogens (tertiary/aromatic N) is 4. The molecule has 3 aliphatic rings. The first-order chi connectivity index (χ1) is 16.1. The van der Waals surface area contributed by atoms with E-state index in [0.717, 1.165) is 83.0 Å². The molecule has 1 atom stereocenters. The van der Waals surface area contributed by atoms with Crippen molar-refractivity contribution < 1.29 is 4.74 Å². The Morgan fingerprint density at radius 3 is 2.52 bits per heavy atom. The van der Waals surface area contributed by atoms with Gasteiger partial charge in [0.1, 0.15) is 0 Å². The molecular weight excluding hydrogens is 432 g/mol. The van der Waals surface area contributed by atoms with Gasteiger partial charge in [-0.1, -0.05) is 54.6 Å². The van der Waals surface area contributed by atoms with Crippen LogP contribution in [-0.4, -0.2) is 72.1 Å². The van der Waals surface area contributed by atoms with Crippen molar-refractivity contribution in [1.82, 2.24) is 19.6 Å². The number of likely N-dealkylation sites (tertiary alicyclic amines) is 1. The van der Waals surface area contributed by atoms with Gasteiger partial charge in [0.25, 0.3) is 0 Å². The predicted octanol–water partition coefficient (Wildman–Crippen LogP) is 5.16. The summed E-state index contributed by atoms with van der Waals surface area (Å²) in [5.41, 5.74) is 3.23. The number of rotatable bonds is 8. The van der Waals surface area contributed by atoms with Crippen molar-refractivity contribution in [2.75, 3.05) is 52.5 Å². The molecule has 178 valence electrons. The Morgan fingerprint density at radius 1 is 1.12 bits per heavy atom. The van der Waals surface area contributed by atoms with Crippen molar-refractivity contribution in [1.29, 1.82) is 0 Å². The Bertz CT molecular complexity index is 915. The van der Waals surface area contributed by atoms with E-state index >= 15 is 0 Å². The summed E-state index contributed by atoms with van der Waals surface area (Å²) >= 11 is 6.18. The normalized spacial score (nSPS) is 23.6. The highest BCUT2D eigenvalue weighted by Gasteiger charge is 2.26.